The van der Waals surface area contributed by atoms with Crippen LogP contribution in [-0.2, 0) is 0 Å². The van der Waals surface area contributed by atoms with Gasteiger partial charge in [-0.1, -0.05) is 36.4 Å². The van der Waals surface area contributed by atoms with Gasteiger partial charge in [-0.2, -0.15) is 0 Å². The van der Waals surface area contributed by atoms with Crippen molar-refractivity contribution in [2.24, 2.45) is 4.99 Å². The summed E-state index contributed by atoms with van der Waals surface area (Å²) in [6.07, 6.45) is 4.54. The third kappa shape index (κ3) is 1.21. The van der Waals surface area contributed by atoms with Crippen LogP contribution in [0, 0.1) is 0 Å². The second-order valence-corrected chi connectivity index (χ2v) is 5.36. The molecule has 2 aromatic rings. The summed E-state index contributed by atoms with van der Waals surface area (Å²) >= 11 is 0. The predicted molar refractivity (Wildman–Crippen MR) is 80.5 cm³/mol. The lowest BCUT2D eigenvalue weighted by Crippen LogP contribution is -2.22. The smallest absolute Gasteiger partial charge is 0.0728 e. The van der Waals surface area contributed by atoms with Gasteiger partial charge in [-0.3, -0.25) is 0 Å². The summed E-state index contributed by atoms with van der Waals surface area (Å²) in [6.45, 7) is 0. The minimum Gasteiger partial charge on any atom is -0.374 e. The van der Waals surface area contributed by atoms with Gasteiger partial charge < -0.3 is 5.32 Å². The molecule has 0 spiro atoms. The van der Waals surface area contributed by atoms with Gasteiger partial charge in [-0.25, -0.2) is 4.99 Å². The highest BCUT2D eigenvalue weighted by Gasteiger charge is 2.29. The van der Waals surface area contributed by atoms with E-state index in [9.17, 15) is 0 Å². The first kappa shape index (κ1) is 10.2. The summed E-state index contributed by atoms with van der Waals surface area (Å²) in [7, 11) is 0. The average molecular weight is 256 g/mol. The normalized spacial score (nSPS) is 20.8. The molecule has 1 N–H and O–H groups in total. The fourth-order valence-electron chi connectivity index (χ4n) is 3.29. The van der Waals surface area contributed by atoms with Gasteiger partial charge in [0, 0.05) is 22.0 Å². The molecule has 94 valence electrons. The zero-order valence-corrected chi connectivity index (χ0v) is 10.8. The van der Waals surface area contributed by atoms with Crippen molar-refractivity contribution in [1.29, 1.82) is 0 Å². The Morgan fingerprint density at radius 1 is 0.950 bits per heavy atom. The Balaban J connectivity index is 1.82. The van der Waals surface area contributed by atoms with Crippen molar-refractivity contribution in [3.63, 3.8) is 0 Å². The Bertz CT molecular complexity index is 932. The lowest BCUT2D eigenvalue weighted by molar-refractivity contribution is 1.14. The van der Waals surface area contributed by atoms with E-state index >= 15 is 0 Å². The quantitative estimate of drug-likeness (QED) is 0.768. The van der Waals surface area contributed by atoms with Crippen LogP contribution in [0.25, 0.3) is 11.1 Å². The van der Waals surface area contributed by atoms with Crippen molar-refractivity contribution in [2.75, 3.05) is 5.32 Å². The molecule has 1 atom stereocenters. The SMILES string of the molecule is C1=C2N=c3ccccc3=C2C=C2c3ccccc3NC12. The molecule has 2 heterocycles. The molecule has 0 amide bonds. The fourth-order valence-corrected chi connectivity index (χ4v) is 3.29. The van der Waals surface area contributed by atoms with Gasteiger partial charge in [0.2, 0.25) is 0 Å². The topological polar surface area (TPSA) is 24.4 Å². The summed E-state index contributed by atoms with van der Waals surface area (Å²) < 4.78 is 0. The van der Waals surface area contributed by atoms with Gasteiger partial charge in [0.25, 0.3) is 0 Å². The number of benzene rings is 2. The first-order valence-electron chi connectivity index (χ1n) is 6.88. The molecule has 0 saturated carbocycles. The van der Waals surface area contributed by atoms with Crippen molar-refractivity contribution < 1.29 is 0 Å². The largest absolute Gasteiger partial charge is 0.374 e. The molecule has 0 aromatic heterocycles. The lowest BCUT2D eigenvalue weighted by Gasteiger charge is -2.15. The van der Waals surface area contributed by atoms with Crippen LogP contribution in [0.3, 0.4) is 0 Å². The molecule has 5 rings (SSSR count). The van der Waals surface area contributed by atoms with E-state index in [1.54, 1.807) is 0 Å². The van der Waals surface area contributed by atoms with Gasteiger partial charge in [0.1, 0.15) is 0 Å². The van der Waals surface area contributed by atoms with E-state index in [1.165, 1.54) is 27.6 Å². The second kappa shape index (κ2) is 3.48. The molecule has 2 aliphatic heterocycles. The van der Waals surface area contributed by atoms with Crippen LogP contribution < -0.4 is 15.9 Å². The van der Waals surface area contributed by atoms with E-state index in [2.05, 4.69) is 59.9 Å². The second-order valence-electron chi connectivity index (χ2n) is 5.36. The van der Waals surface area contributed by atoms with Crippen LogP contribution in [0.2, 0.25) is 0 Å². The maximum Gasteiger partial charge on any atom is 0.0728 e. The van der Waals surface area contributed by atoms with Crippen LogP contribution in [0.15, 0.2) is 71.4 Å². The molecule has 0 radical (unpaired) electrons. The Labute approximate surface area is 116 Å². The Morgan fingerprint density at radius 3 is 2.80 bits per heavy atom. The number of rotatable bonds is 0. The molecule has 3 aliphatic rings. The van der Waals surface area contributed by atoms with Crippen molar-refractivity contribution >= 4 is 16.8 Å². The highest BCUT2D eigenvalue weighted by atomic mass is 15.0. The fraction of sp³-hybridized carbons (Fsp3) is 0.0556. The number of hydrogen-bond acceptors (Lipinski definition) is 2. The summed E-state index contributed by atoms with van der Waals surface area (Å²) in [5.41, 5.74) is 6.23. The summed E-state index contributed by atoms with van der Waals surface area (Å²) in [5.74, 6) is 0. The standard InChI is InChI=1S/C18H12N2/c1-3-7-15-11(5-1)13-9-14-12-6-2-4-8-16(12)20-18(14)10-17(13)19-15/h1-10,17,19H. The molecule has 0 bridgehead atoms. The molecule has 2 heteroatoms. The van der Waals surface area contributed by atoms with Crippen LogP contribution >= 0.6 is 0 Å². The summed E-state index contributed by atoms with van der Waals surface area (Å²) in [5, 5.41) is 5.88. The molecule has 1 unspecified atom stereocenters. The monoisotopic (exact) mass is 256 g/mol. The number of para-hydroxylation sites is 2. The number of nitrogens with one attached hydrogen (secondary N) is 1. The van der Waals surface area contributed by atoms with E-state index in [4.69, 9.17) is 4.99 Å². The molecular formula is C18H12N2. The van der Waals surface area contributed by atoms with Crippen molar-refractivity contribution in [2.45, 2.75) is 6.04 Å². The molecule has 2 nitrogen and oxygen atoms in total. The lowest BCUT2D eigenvalue weighted by atomic mass is 9.92. The van der Waals surface area contributed by atoms with Gasteiger partial charge in [-0.05, 0) is 29.9 Å². The third-order valence-electron chi connectivity index (χ3n) is 4.22. The molecule has 1 aliphatic carbocycles. The zero-order valence-electron chi connectivity index (χ0n) is 10.8. The van der Waals surface area contributed by atoms with Crippen molar-refractivity contribution in [1.82, 2.24) is 0 Å². The molecule has 0 saturated heterocycles. The zero-order chi connectivity index (χ0) is 13.1. The molecular weight excluding hydrogens is 244 g/mol. The first-order valence-corrected chi connectivity index (χ1v) is 6.88. The average Bonchev–Trinajstić information content (AvgIpc) is 3.02. The summed E-state index contributed by atoms with van der Waals surface area (Å²) in [4.78, 5) is 4.74. The van der Waals surface area contributed by atoms with Gasteiger partial charge in [0.15, 0.2) is 0 Å². The molecule has 0 fully saturated rings. The number of allylic oxidation sites excluding steroid dienone is 1. The minimum atomic E-state index is 0.254. The maximum atomic E-state index is 4.74. The number of hydrogen-bond donors (Lipinski definition) is 1. The minimum absolute atomic E-state index is 0.254. The highest BCUT2D eigenvalue weighted by molar-refractivity contribution is 5.97. The Kier molecular flexibility index (Phi) is 1.78. The third-order valence-corrected chi connectivity index (χ3v) is 4.22. The highest BCUT2D eigenvalue weighted by Crippen LogP contribution is 2.40. The molecule has 2 aromatic carbocycles. The van der Waals surface area contributed by atoms with E-state index in [0.717, 1.165) is 11.1 Å². The number of anilines is 1. The predicted octanol–water partition coefficient (Wildman–Crippen LogP) is 2.25. The van der Waals surface area contributed by atoms with Gasteiger partial charge in [-0.15, -0.1) is 0 Å². The maximum absolute atomic E-state index is 4.74. The van der Waals surface area contributed by atoms with Crippen LogP contribution in [0.5, 0.6) is 0 Å². The van der Waals surface area contributed by atoms with Crippen LogP contribution in [0.1, 0.15) is 5.56 Å². The van der Waals surface area contributed by atoms with E-state index in [-0.39, 0.29) is 6.04 Å². The first-order chi connectivity index (χ1) is 9.90. The Morgan fingerprint density at radius 2 is 1.80 bits per heavy atom. The number of fused-ring (bicyclic) bond motifs is 5. The Hall–Kier alpha value is -2.61. The number of nitrogens with zero attached hydrogens (tertiary/aromatic N) is 1. The molecule has 20 heavy (non-hydrogen) atoms. The van der Waals surface area contributed by atoms with Crippen molar-refractivity contribution in [3.8, 4) is 0 Å². The van der Waals surface area contributed by atoms with Crippen LogP contribution in [0.4, 0.5) is 5.69 Å². The van der Waals surface area contributed by atoms with E-state index < -0.39 is 0 Å². The van der Waals surface area contributed by atoms with E-state index in [0.29, 0.717) is 0 Å². The van der Waals surface area contributed by atoms with Gasteiger partial charge >= 0.3 is 0 Å². The van der Waals surface area contributed by atoms with Crippen molar-refractivity contribution in [3.05, 3.63) is 82.5 Å². The van der Waals surface area contributed by atoms with Gasteiger partial charge in [0.05, 0.1) is 17.1 Å². The van der Waals surface area contributed by atoms with Crippen LogP contribution in [-0.4, -0.2) is 6.04 Å². The van der Waals surface area contributed by atoms with E-state index in [1.807, 2.05) is 6.07 Å². The summed E-state index contributed by atoms with van der Waals surface area (Å²) in [6, 6.07) is 17.1.